The van der Waals surface area contributed by atoms with Crippen LogP contribution in [-0.4, -0.2) is 39.2 Å². The van der Waals surface area contributed by atoms with Crippen LogP contribution >= 0.6 is 0 Å². The summed E-state index contributed by atoms with van der Waals surface area (Å²) in [7, 11) is 5.90. The molecule has 3 heteroatoms. The van der Waals surface area contributed by atoms with Gasteiger partial charge in [0.25, 0.3) is 0 Å². The van der Waals surface area contributed by atoms with Gasteiger partial charge in [-0.3, -0.25) is 0 Å². The van der Waals surface area contributed by atoms with Crippen LogP contribution in [0.4, 0.5) is 0 Å². The second-order valence-electron chi connectivity index (χ2n) is 4.75. The molecular formula is C15H26N2O. The average molecular weight is 250 g/mol. The van der Waals surface area contributed by atoms with Gasteiger partial charge in [-0.05, 0) is 57.7 Å². The van der Waals surface area contributed by atoms with E-state index >= 15 is 0 Å². The molecule has 0 saturated carbocycles. The Morgan fingerprint density at radius 1 is 1.22 bits per heavy atom. The molecule has 0 amide bonds. The predicted octanol–water partition coefficient (Wildman–Crippen LogP) is 2.52. The number of nitrogens with zero attached hydrogens (tertiary/aromatic N) is 1. The van der Waals surface area contributed by atoms with Gasteiger partial charge in [0.1, 0.15) is 5.75 Å². The molecule has 0 bridgehead atoms. The van der Waals surface area contributed by atoms with Gasteiger partial charge in [0.15, 0.2) is 0 Å². The summed E-state index contributed by atoms with van der Waals surface area (Å²) in [5, 5.41) is 3.18. The Bertz CT molecular complexity index is 328. The normalized spacial score (nSPS) is 10.9. The Kier molecular flexibility index (Phi) is 7.46. The average Bonchev–Trinajstić information content (AvgIpc) is 2.38. The van der Waals surface area contributed by atoms with Crippen molar-refractivity contribution in [1.82, 2.24) is 10.2 Å². The van der Waals surface area contributed by atoms with Gasteiger partial charge in [0, 0.05) is 6.54 Å². The Labute approximate surface area is 111 Å². The Morgan fingerprint density at radius 2 is 2.06 bits per heavy atom. The van der Waals surface area contributed by atoms with Crippen molar-refractivity contribution in [3.05, 3.63) is 29.8 Å². The van der Waals surface area contributed by atoms with Gasteiger partial charge in [0.2, 0.25) is 0 Å². The number of unbranched alkanes of at least 4 members (excludes halogenated alkanes) is 2. The predicted molar refractivity (Wildman–Crippen MR) is 77.1 cm³/mol. The first kappa shape index (κ1) is 15.0. The summed E-state index contributed by atoms with van der Waals surface area (Å²) in [6.45, 7) is 3.27. The Morgan fingerprint density at radius 3 is 2.78 bits per heavy atom. The lowest BCUT2D eigenvalue weighted by Gasteiger charge is -2.17. The van der Waals surface area contributed by atoms with Crippen LogP contribution in [0.2, 0.25) is 0 Å². The number of rotatable bonds is 9. The van der Waals surface area contributed by atoms with Crippen molar-refractivity contribution in [2.24, 2.45) is 0 Å². The molecule has 0 fully saturated rings. The summed E-state index contributed by atoms with van der Waals surface area (Å²) >= 11 is 0. The molecular weight excluding hydrogens is 224 g/mol. The van der Waals surface area contributed by atoms with Crippen molar-refractivity contribution in [1.29, 1.82) is 0 Å². The molecule has 102 valence electrons. The Hall–Kier alpha value is -1.06. The van der Waals surface area contributed by atoms with Gasteiger partial charge in [-0.1, -0.05) is 18.6 Å². The standard InChI is InChI=1S/C15H26N2O/c1-16-10-5-4-6-11-17(2)13-14-8-7-9-15(12-14)18-3/h7-9,12,16H,4-6,10-11,13H2,1-3H3. The fraction of sp³-hybridized carbons (Fsp3) is 0.600. The maximum absolute atomic E-state index is 5.24. The quantitative estimate of drug-likeness (QED) is 0.682. The van der Waals surface area contributed by atoms with Crippen molar-refractivity contribution in [2.45, 2.75) is 25.8 Å². The molecule has 0 atom stereocenters. The van der Waals surface area contributed by atoms with Gasteiger partial charge in [0.05, 0.1) is 7.11 Å². The third-order valence-corrected chi connectivity index (χ3v) is 3.05. The smallest absolute Gasteiger partial charge is 0.119 e. The number of ether oxygens (including phenoxy) is 1. The molecule has 0 spiro atoms. The van der Waals surface area contributed by atoms with Crippen molar-refractivity contribution in [3.8, 4) is 5.75 Å². The lowest BCUT2D eigenvalue weighted by molar-refractivity contribution is 0.316. The number of hydrogen-bond donors (Lipinski definition) is 1. The highest BCUT2D eigenvalue weighted by Crippen LogP contribution is 2.14. The van der Waals surface area contributed by atoms with E-state index < -0.39 is 0 Å². The zero-order chi connectivity index (χ0) is 13.2. The highest BCUT2D eigenvalue weighted by molar-refractivity contribution is 5.28. The van der Waals surface area contributed by atoms with E-state index in [2.05, 4.69) is 35.5 Å². The van der Waals surface area contributed by atoms with E-state index in [0.29, 0.717) is 0 Å². The zero-order valence-corrected chi connectivity index (χ0v) is 11.9. The Balaban J connectivity index is 2.24. The lowest BCUT2D eigenvalue weighted by Crippen LogP contribution is -2.19. The van der Waals surface area contributed by atoms with E-state index in [1.165, 1.54) is 24.8 Å². The molecule has 0 heterocycles. The first-order chi connectivity index (χ1) is 8.76. The fourth-order valence-corrected chi connectivity index (χ4v) is 2.02. The van der Waals surface area contributed by atoms with E-state index in [4.69, 9.17) is 4.74 Å². The van der Waals surface area contributed by atoms with Crippen molar-refractivity contribution in [3.63, 3.8) is 0 Å². The van der Waals surface area contributed by atoms with Crippen LogP contribution in [0.15, 0.2) is 24.3 Å². The maximum Gasteiger partial charge on any atom is 0.119 e. The molecule has 0 aromatic heterocycles. The molecule has 0 radical (unpaired) electrons. The summed E-state index contributed by atoms with van der Waals surface area (Å²) in [6.07, 6.45) is 3.83. The number of methoxy groups -OCH3 is 1. The summed E-state index contributed by atoms with van der Waals surface area (Å²) in [5.41, 5.74) is 1.31. The van der Waals surface area contributed by atoms with Gasteiger partial charge in [-0.25, -0.2) is 0 Å². The second kappa shape index (κ2) is 8.95. The largest absolute Gasteiger partial charge is 0.497 e. The summed E-state index contributed by atoms with van der Waals surface area (Å²) < 4.78 is 5.24. The molecule has 0 aliphatic rings. The van der Waals surface area contributed by atoms with Crippen LogP contribution in [0.3, 0.4) is 0 Å². The van der Waals surface area contributed by atoms with E-state index in [-0.39, 0.29) is 0 Å². The number of nitrogens with one attached hydrogen (secondary N) is 1. The van der Waals surface area contributed by atoms with Gasteiger partial charge in [-0.2, -0.15) is 0 Å². The van der Waals surface area contributed by atoms with E-state index in [9.17, 15) is 0 Å². The van der Waals surface area contributed by atoms with Crippen LogP contribution < -0.4 is 10.1 Å². The van der Waals surface area contributed by atoms with E-state index in [1.54, 1.807) is 7.11 Å². The topological polar surface area (TPSA) is 24.5 Å². The van der Waals surface area contributed by atoms with E-state index in [1.807, 2.05) is 13.1 Å². The molecule has 0 saturated heterocycles. The first-order valence-corrected chi connectivity index (χ1v) is 6.72. The molecule has 1 aromatic rings. The maximum atomic E-state index is 5.24. The van der Waals surface area contributed by atoms with Crippen LogP contribution in [0.5, 0.6) is 5.75 Å². The molecule has 0 unspecified atom stereocenters. The zero-order valence-electron chi connectivity index (χ0n) is 11.9. The monoisotopic (exact) mass is 250 g/mol. The minimum atomic E-state index is 0.940. The lowest BCUT2D eigenvalue weighted by atomic mass is 10.2. The third-order valence-electron chi connectivity index (χ3n) is 3.05. The molecule has 0 aliphatic carbocycles. The molecule has 0 aliphatic heterocycles. The molecule has 1 N–H and O–H groups in total. The highest BCUT2D eigenvalue weighted by atomic mass is 16.5. The van der Waals surface area contributed by atoms with Crippen LogP contribution in [-0.2, 0) is 6.54 Å². The minimum absolute atomic E-state index is 0.940. The van der Waals surface area contributed by atoms with Crippen LogP contribution in [0, 0.1) is 0 Å². The molecule has 3 nitrogen and oxygen atoms in total. The summed E-state index contributed by atoms with van der Waals surface area (Å²) in [5.74, 6) is 0.940. The third kappa shape index (κ3) is 6.03. The number of hydrogen-bond acceptors (Lipinski definition) is 3. The van der Waals surface area contributed by atoms with Crippen LogP contribution in [0.25, 0.3) is 0 Å². The van der Waals surface area contributed by atoms with E-state index in [0.717, 1.165) is 25.4 Å². The SMILES string of the molecule is CNCCCCCN(C)Cc1cccc(OC)c1. The molecule has 1 aromatic carbocycles. The van der Waals surface area contributed by atoms with Gasteiger partial charge >= 0.3 is 0 Å². The summed E-state index contributed by atoms with van der Waals surface area (Å²) in [6, 6.07) is 8.30. The minimum Gasteiger partial charge on any atom is -0.497 e. The van der Waals surface area contributed by atoms with Crippen molar-refractivity contribution >= 4 is 0 Å². The van der Waals surface area contributed by atoms with Crippen molar-refractivity contribution < 1.29 is 4.74 Å². The second-order valence-corrected chi connectivity index (χ2v) is 4.75. The first-order valence-electron chi connectivity index (χ1n) is 6.72. The van der Waals surface area contributed by atoms with Gasteiger partial charge in [-0.15, -0.1) is 0 Å². The van der Waals surface area contributed by atoms with Crippen LogP contribution in [0.1, 0.15) is 24.8 Å². The highest BCUT2D eigenvalue weighted by Gasteiger charge is 2.01. The fourth-order valence-electron chi connectivity index (χ4n) is 2.02. The molecule has 1 rings (SSSR count). The summed E-state index contributed by atoms with van der Waals surface area (Å²) in [4.78, 5) is 2.37. The van der Waals surface area contributed by atoms with Gasteiger partial charge < -0.3 is 15.0 Å². The van der Waals surface area contributed by atoms with Crippen molar-refractivity contribution in [2.75, 3.05) is 34.3 Å². The number of benzene rings is 1. The molecule has 18 heavy (non-hydrogen) atoms.